The van der Waals surface area contributed by atoms with Gasteiger partial charge in [-0.25, -0.2) is 0 Å². The Labute approximate surface area is 89.4 Å². The molecule has 0 saturated carbocycles. The first-order valence-electron chi connectivity index (χ1n) is 5.25. The zero-order chi connectivity index (χ0) is 11.0. The molecule has 0 bridgehead atoms. The smallest absolute Gasteiger partial charge is 0.0833 e. The molecule has 80 valence electrons. The van der Waals surface area contributed by atoms with E-state index in [1.165, 1.54) is 0 Å². The van der Waals surface area contributed by atoms with Gasteiger partial charge < -0.3 is 5.73 Å². The highest BCUT2D eigenvalue weighted by molar-refractivity contribution is 6.82. The quantitative estimate of drug-likeness (QED) is 0.482. The average molecular weight is 209 g/mol. The Kier molecular flexibility index (Phi) is 6.50. The van der Waals surface area contributed by atoms with Gasteiger partial charge in [-0.15, -0.1) is 19.7 Å². The van der Waals surface area contributed by atoms with E-state index in [2.05, 4.69) is 26.7 Å². The normalized spacial score (nSPS) is 13.3. The molecule has 1 atom stereocenters. The highest BCUT2D eigenvalue weighted by atomic mass is 28.3. The number of allylic oxidation sites excluding steroid dienone is 3. The summed E-state index contributed by atoms with van der Waals surface area (Å²) in [6.07, 6.45) is 7.07. The summed E-state index contributed by atoms with van der Waals surface area (Å²) in [4.78, 5) is 0. The van der Waals surface area contributed by atoms with Gasteiger partial charge in [0.05, 0.1) is 8.07 Å². The molecule has 1 unspecified atom stereocenters. The molecular formula is C12H23NSi. The van der Waals surface area contributed by atoms with Crippen molar-refractivity contribution in [2.75, 3.05) is 0 Å². The Morgan fingerprint density at radius 3 is 1.64 bits per heavy atom. The molecule has 0 rings (SSSR count). The van der Waals surface area contributed by atoms with E-state index in [0.717, 1.165) is 24.6 Å². The lowest BCUT2D eigenvalue weighted by Crippen LogP contribution is -2.51. The minimum atomic E-state index is -1.48. The van der Waals surface area contributed by atoms with Gasteiger partial charge in [0.1, 0.15) is 0 Å². The van der Waals surface area contributed by atoms with Gasteiger partial charge in [0.2, 0.25) is 0 Å². The molecule has 2 heteroatoms. The van der Waals surface area contributed by atoms with E-state index in [0.29, 0.717) is 5.67 Å². The SMILES string of the molecule is C=CC[Si](CC=C)(CC=C)C(N)CC. The van der Waals surface area contributed by atoms with Crippen molar-refractivity contribution in [1.82, 2.24) is 0 Å². The molecule has 1 nitrogen and oxygen atoms in total. The summed E-state index contributed by atoms with van der Waals surface area (Å²) in [7, 11) is -1.48. The van der Waals surface area contributed by atoms with Crippen molar-refractivity contribution in [2.24, 2.45) is 5.73 Å². The summed E-state index contributed by atoms with van der Waals surface area (Å²) in [5.41, 5.74) is 6.56. The standard InChI is InChI=1S/C12H23NSi/c1-5-9-14(10-6-2,11-7-3)12(13)8-4/h5-7,12H,1-3,8-11,13H2,4H3. The van der Waals surface area contributed by atoms with Crippen LogP contribution in [-0.2, 0) is 0 Å². The van der Waals surface area contributed by atoms with Crippen molar-refractivity contribution in [3.8, 4) is 0 Å². The van der Waals surface area contributed by atoms with E-state index in [1.54, 1.807) is 0 Å². The van der Waals surface area contributed by atoms with Crippen LogP contribution in [0.2, 0.25) is 18.1 Å². The summed E-state index contributed by atoms with van der Waals surface area (Å²) in [5.74, 6) is 0. The Balaban J connectivity index is 4.78. The van der Waals surface area contributed by atoms with Crippen LogP contribution in [0.5, 0.6) is 0 Å². The van der Waals surface area contributed by atoms with Crippen LogP contribution < -0.4 is 5.73 Å². The zero-order valence-corrected chi connectivity index (χ0v) is 10.3. The van der Waals surface area contributed by atoms with Gasteiger partial charge in [-0.05, 0) is 30.2 Å². The molecule has 0 aliphatic heterocycles. The second-order valence-corrected chi connectivity index (χ2v) is 8.55. The molecule has 0 fully saturated rings. The third-order valence-electron chi connectivity index (χ3n) is 2.88. The van der Waals surface area contributed by atoms with Crippen LogP contribution in [0, 0.1) is 0 Å². The van der Waals surface area contributed by atoms with Crippen LogP contribution in [0.15, 0.2) is 38.0 Å². The third kappa shape index (κ3) is 3.27. The Morgan fingerprint density at radius 2 is 1.43 bits per heavy atom. The second-order valence-electron chi connectivity index (χ2n) is 3.86. The predicted molar refractivity (Wildman–Crippen MR) is 69.0 cm³/mol. The predicted octanol–water partition coefficient (Wildman–Crippen LogP) is 3.27. The van der Waals surface area contributed by atoms with Gasteiger partial charge in [-0.2, -0.15) is 0 Å². The maximum absolute atomic E-state index is 6.23. The summed E-state index contributed by atoms with van der Waals surface area (Å²) in [6, 6.07) is 3.21. The lowest BCUT2D eigenvalue weighted by Gasteiger charge is -2.34. The van der Waals surface area contributed by atoms with Gasteiger partial charge in [0.25, 0.3) is 0 Å². The van der Waals surface area contributed by atoms with Crippen LogP contribution >= 0.6 is 0 Å². The lowest BCUT2D eigenvalue weighted by atomic mass is 10.5. The molecular weight excluding hydrogens is 186 g/mol. The minimum absolute atomic E-state index is 0.330. The highest BCUT2D eigenvalue weighted by Crippen LogP contribution is 2.26. The van der Waals surface area contributed by atoms with Gasteiger partial charge in [0.15, 0.2) is 0 Å². The first-order chi connectivity index (χ1) is 6.66. The molecule has 0 amide bonds. The second kappa shape index (κ2) is 6.79. The maximum Gasteiger partial charge on any atom is 0.0833 e. The number of hydrogen-bond acceptors (Lipinski definition) is 1. The van der Waals surface area contributed by atoms with Gasteiger partial charge in [-0.1, -0.05) is 25.2 Å². The van der Waals surface area contributed by atoms with E-state index in [9.17, 15) is 0 Å². The summed E-state index contributed by atoms with van der Waals surface area (Å²) < 4.78 is 0. The first kappa shape index (κ1) is 13.4. The Bertz CT molecular complexity index is 172. The summed E-state index contributed by atoms with van der Waals surface area (Å²) >= 11 is 0. The fourth-order valence-electron chi connectivity index (χ4n) is 2.00. The topological polar surface area (TPSA) is 26.0 Å². The summed E-state index contributed by atoms with van der Waals surface area (Å²) in [6.45, 7) is 13.7. The largest absolute Gasteiger partial charge is 0.330 e. The van der Waals surface area contributed by atoms with E-state index in [4.69, 9.17) is 5.73 Å². The van der Waals surface area contributed by atoms with Gasteiger partial charge in [-0.3, -0.25) is 0 Å². The highest BCUT2D eigenvalue weighted by Gasteiger charge is 2.34. The van der Waals surface area contributed by atoms with Crippen molar-refractivity contribution in [1.29, 1.82) is 0 Å². The van der Waals surface area contributed by atoms with Crippen LogP contribution in [0.4, 0.5) is 0 Å². The monoisotopic (exact) mass is 209 g/mol. The molecule has 0 radical (unpaired) electrons. The number of nitrogens with two attached hydrogens (primary N) is 1. The fourth-order valence-corrected chi connectivity index (χ4v) is 6.00. The third-order valence-corrected chi connectivity index (χ3v) is 8.17. The molecule has 0 aromatic heterocycles. The lowest BCUT2D eigenvalue weighted by molar-refractivity contribution is 0.805. The van der Waals surface area contributed by atoms with Crippen molar-refractivity contribution < 1.29 is 0 Å². The number of rotatable bonds is 8. The molecule has 0 aliphatic carbocycles. The van der Waals surface area contributed by atoms with E-state index < -0.39 is 8.07 Å². The summed E-state index contributed by atoms with van der Waals surface area (Å²) in [5, 5.41) is 0. The maximum atomic E-state index is 6.23. The zero-order valence-electron chi connectivity index (χ0n) is 9.34. The van der Waals surface area contributed by atoms with Gasteiger partial charge >= 0.3 is 0 Å². The van der Waals surface area contributed by atoms with Crippen molar-refractivity contribution in [3.63, 3.8) is 0 Å². The van der Waals surface area contributed by atoms with Gasteiger partial charge in [0, 0.05) is 0 Å². The Morgan fingerprint density at radius 1 is 1.07 bits per heavy atom. The number of hydrogen-bond donors (Lipinski definition) is 1. The fraction of sp³-hybridized carbons (Fsp3) is 0.500. The van der Waals surface area contributed by atoms with Crippen molar-refractivity contribution >= 4 is 8.07 Å². The van der Waals surface area contributed by atoms with Crippen LogP contribution in [-0.4, -0.2) is 13.7 Å². The van der Waals surface area contributed by atoms with E-state index in [1.807, 2.05) is 18.2 Å². The molecule has 0 saturated heterocycles. The minimum Gasteiger partial charge on any atom is -0.330 e. The Hall–Kier alpha value is -0.603. The van der Waals surface area contributed by atoms with E-state index >= 15 is 0 Å². The molecule has 2 N–H and O–H groups in total. The molecule has 14 heavy (non-hydrogen) atoms. The molecule has 0 aromatic carbocycles. The molecule has 0 aromatic rings. The van der Waals surface area contributed by atoms with Crippen molar-refractivity contribution in [3.05, 3.63) is 38.0 Å². The van der Waals surface area contributed by atoms with E-state index in [-0.39, 0.29) is 0 Å². The molecule has 0 aliphatic rings. The van der Waals surface area contributed by atoms with Crippen LogP contribution in [0.1, 0.15) is 13.3 Å². The van der Waals surface area contributed by atoms with Crippen molar-refractivity contribution in [2.45, 2.75) is 37.1 Å². The molecule has 0 spiro atoms. The van der Waals surface area contributed by atoms with Crippen LogP contribution in [0.3, 0.4) is 0 Å². The first-order valence-corrected chi connectivity index (χ1v) is 7.95. The average Bonchev–Trinajstić information content (AvgIpc) is 2.17. The van der Waals surface area contributed by atoms with Crippen LogP contribution in [0.25, 0.3) is 0 Å². The molecule has 0 heterocycles.